The van der Waals surface area contributed by atoms with Crippen LogP contribution in [0.2, 0.25) is 5.02 Å². The van der Waals surface area contributed by atoms with E-state index in [9.17, 15) is 18.5 Å². The molecule has 0 saturated carbocycles. The van der Waals surface area contributed by atoms with E-state index in [0.29, 0.717) is 24.5 Å². The highest BCUT2D eigenvalue weighted by Crippen LogP contribution is 2.32. The van der Waals surface area contributed by atoms with Gasteiger partial charge in [-0.15, -0.1) is 0 Å². The molecular formula is C17H18ClN3O5S. The van der Waals surface area contributed by atoms with Gasteiger partial charge < -0.3 is 9.64 Å². The zero-order valence-electron chi connectivity index (χ0n) is 14.5. The van der Waals surface area contributed by atoms with E-state index >= 15 is 0 Å². The first kappa shape index (κ1) is 19.4. The largest absolute Gasteiger partial charge is 0.497 e. The van der Waals surface area contributed by atoms with Crippen LogP contribution in [-0.2, 0) is 10.0 Å². The van der Waals surface area contributed by atoms with E-state index in [2.05, 4.69) is 0 Å². The molecule has 0 amide bonds. The number of halogens is 1. The fourth-order valence-corrected chi connectivity index (χ4v) is 4.56. The number of benzene rings is 2. The molecule has 3 rings (SSSR count). The highest BCUT2D eigenvalue weighted by atomic mass is 35.5. The van der Waals surface area contributed by atoms with Crippen molar-refractivity contribution in [3.63, 3.8) is 0 Å². The molecule has 1 heterocycles. The van der Waals surface area contributed by atoms with Gasteiger partial charge in [0.15, 0.2) is 0 Å². The van der Waals surface area contributed by atoms with Crippen molar-refractivity contribution >= 4 is 33.0 Å². The topological polar surface area (TPSA) is 93.0 Å². The molecule has 2 aromatic rings. The molecule has 0 N–H and O–H groups in total. The Labute approximate surface area is 162 Å². The molecule has 0 bridgehead atoms. The SMILES string of the molecule is COc1ccc(S(=O)(=O)N2CCN(c3ccc(Cl)cc3[N+](=O)[O-])CC2)cc1. The average Bonchev–Trinajstić information content (AvgIpc) is 2.68. The number of piperazine rings is 1. The number of anilines is 1. The highest BCUT2D eigenvalue weighted by molar-refractivity contribution is 7.89. The van der Waals surface area contributed by atoms with Gasteiger partial charge in [0.05, 0.1) is 16.9 Å². The van der Waals surface area contributed by atoms with Gasteiger partial charge in [-0.25, -0.2) is 8.42 Å². The average molecular weight is 412 g/mol. The first-order chi connectivity index (χ1) is 12.8. The summed E-state index contributed by atoms with van der Waals surface area (Å²) in [4.78, 5) is 12.8. The zero-order chi connectivity index (χ0) is 19.6. The van der Waals surface area contributed by atoms with Gasteiger partial charge in [0.1, 0.15) is 11.4 Å². The standard InChI is InChI=1S/C17H18ClN3O5S/c1-26-14-3-5-15(6-4-14)27(24,25)20-10-8-19(9-11-20)16-7-2-13(18)12-17(16)21(22)23/h2-7,12H,8-11H2,1H3. The Kier molecular flexibility index (Phi) is 5.54. The van der Waals surface area contributed by atoms with Crippen LogP contribution >= 0.6 is 11.6 Å². The minimum atomic E-state index is -3.63. The molecule has 0 aromatic heterocycles. The molecule has 10 heteroatoms. The predicted molar refractivity (Wildman–Crippen MR) is 102 cm³/mol. The van der Waals surface area contributed by atoms with E-state index < -0.39 is 14.9 Å². The lowest BCUT2D eigenvalue weighted by molar-refractivity contribution is -0.384. The van der Waals surface area contributed by atoms with Crippen LogP contribution < -0.4 is 9.64 Å². The number of ether oxygens (including phenoxy) is 1. The van der Waals surface area contributed by atoms with Crippen LogP contribution in [0.1, 0.15) is 0 Å². The first-order valence-corrected chi connectivity index (χ1v) is 9.98. The number of rotatable bonds is 5. The highest BCUT2D eigenvalue weighted by Gasteiger charge is 2.30. The Morgan fingerprint density at radius 3 is 2.26 bits per heavy atom. The molecular weight excluding hydrogens is 394 g/mol. The van der Waals surface area contributed by atoms with E-state index in [1.807, 2.05) is 0 Å². The molecule has 2 aromatic carbocycles. The molecule has 0 spiro atoms. The van der Waals surface area contributed by atoms with Crippen molar-refractivity contribution in [3.8, 4) is 5.75 Å². The van der Waals surface area contributed by atoms with E-state index in [0.717, 1.165) is 0 Å². The van der Waals surface area contributed by atoms with Gasteiger partial charge >= 0.3 is 0 Å². The molecule has 0 radical (unpaired) electrons. The summed E-state index contributed by atoms with van der Waals surface area (Å²) in [6, 6.07) is 10.7. The van der Waals surface area contributed by atoms with Crippen LogP contribution in [0, 0.1) is 10.1 Å². The van der Waals surface area contributed by atoms with Crippen LogP contribution in [0.5, 0.6) is 5.75 Å². The van der Waals surface area contributed by atoms with Gasteiger partial charge in [-0.2, -0.15) is 4.31 Å². The Balaban J connectivity index is 1.76. The number of methoxy groups -OCH3 is 1. The minimum absolute atomic E-state index is 0.0889. The second-order valence-corrected chi connectivity index (χ2v) is 8.33. The molecule has 0 aliphatic carbocycles. The molecule has 27 heavy (non-hydrogen) atoms. The summed E-state index contributed by atoms with van der Waals surface area (Å²) in [7, 11) is -2.12. The quantitative estimate of drug-likeness (QED) is 0.554. The van der Waals surface area contributed by atoms with E-state index in [4.69, 9.17) is 16.3 Å². The van der Waals surface area contributed by atoms with Crippen molar-refractivity contribution < 1.29 is 18.1 Å². The number of nitro groups is 1. The summed E-state index contributed by atoms with van der Waals surface area (Å²) in [5, 5.41) is 11.6. The number of sulfonamides is 1. The Bertz CT molecular complexity index is 942. The van der Waals surface area contributed by atoms with Gasteiger partial charge in [0.2, 0.25) is 10.0 Å². The van der Waals surface area contributed by atoms with Crippen LogP contribution in [0.15, 0.2) is 47.4 Å². The van der Waals surface area contributed by atoms with Crippen LogP contribution in [-0.4, -0.2) is 50.9 Å². The summed E-state index contributed by atoms with van der Waals surface area (Å²) < 4.78 is 32.0. The van der Waals surface area contributed by atoms with E-state index in [1.165, 1.54) is 29.6 Å². The summed E-state index contributed by atoms with van der Waals surface area (Å²) in [5.74, 6) is 0.578. The van der Waals surface area contributed by atoms with Gasteiger partial charge in [-0.3, -0.25) is 10.1 Å². The third kappa shape index (κ3) is 4.00. The summed E-state index contributed by atoms with van der Waals surface area (Å²) in [6.45, 7) is 1.15. The Morgan fingerprint density at radius 1 is 1.07 bits per heavy atom. The fourth-order valence-electron chi connectivity index (χ4n) is 2.98. The van der Waals surface area contributed by atoms with Crippen molar-refractivity contribution in [2.45, 2.75) is 4.90 Å². The summed E-state index contributed by atoms with van der Waals surface area (Å²) in [5.41, 5.74) is 0.347. The normalized spacial score (nSPS) is 15.6. The van der Waals surface area contributed by atoms with Crippen LogP contribution in [0.3, 0.4) is 0 Å². The van der Waals surface area contributed by atoms with Crippen molar-refractivity contribution in [2.24, 2.45) is 0 Å². The van der Waals surface area contributed by atoms with Gasteiger partial charge in [0, 0.05) is 37.3 Å². The Morgan fingerprint density at radius 2 is 1.70 bits per heavy atom. The summed E-state index contributed by atoms with van der Waals surface area (Å²) in [6.07, 6.45) is 0. The smallest absolute Gasteiger partial charge is 0.294 e. The molecule has 144 valence electrons. The van der Waals surface area contributed by atoms with Crippen molar-refractivity contribution in [1.82, 2.24) is 4.31 Å². The van der Waals surface area contributed by atoms with Crippen LogP contribution in [0.25, 0.3) is 0 Å². The lowest BCUT2D eigenvalue weighted by Gasteiger charge is -2.35. The van der Waals surface area contributed by atoms with Crippen molar-refractivity contribution in [3.05, 3.63) is 57.6 Å². The zero-order valence-corrected chi connectivity index (χ0v) is 16.1. The maximum Gasteiger partial charge on any atom is 0.294 e. The number of nitro benzene ring substituents is 1. The second-order valence-electron chi connectivity index (χ2n) is 5.96. The van der Waals surface area contributed by atoms with E-state index in [1.54, 1.807) is 29.2 Å². The van der Waals surface area contributed by atoms with E-state index in [-0.39, 0.29) is 28.7 Å². The van der Waals surface area contributed by atoms with Gasteiger partial charge in [0.25, 0.3) is 5.69 Å². The number of hydrogen-bond acceptors (Lipinski definition) is 6. The Hall–Kier alpha value is -2.36. The van der Waals surface area contributed by atoms with Gasteiger partial charge in [-0.05, 0) is 36.4 Å². The molecule has 8 nitrogen and oxygen atoms in total. The predicted octanol–water partition coefficient (Wildman–Crippen LogP) is 2.77. The third-order valence-electron chi connectivity index (χ3n) is 4.41. The lowest BCUT2D eigenvalue weighted by Crippen LogP contribution is -2.48. The summed E-state index contributed by atoms with van der Waals surface area (Å²) >= 11 is 5.85. The van der Waals surface area contributed by atoms with Crippen molar-refractivity contribution in [1.29, 1.82) is 0 Å². The molecule has 1 saturated heterocycles. The lowest BCUT2D eigenvalue weighted by atomic mass is 10.2. The van der Waals surface area contributed by atoms with Gasteiger partial charge in [-0.1, -0.05) is 11.6 Å². The molecule has 1 aliphatic heterocycles. The maximum atomic E-state index is 12.8. The van der Waals surface area contributed by atoms with Crippen molar-refractivity contribution in [2.75, 3.05) is 38.2 Å². The minimum Gasteiger partial charge on any atom is -0.497 e. The van der Waals surface area contributed by atoms with Crippen LogP contribution in [0.4, 0.5) is 11.4 Å². The number of nitrogens with zero attached hydrogens (tertiary/aromatic N) is 3. The monoisotopic (exact) mass is 411 g/mol. The second kappa shape index (κ2) is 7.71. The fraction of sp³-hybridized carbons (Fsp3) is 0.294. The number of hydrogen-bond donors (Lipinski definition) is 0. The molecule has 0 unspecified atom stereocenters. The molecule has 1 aliphatic rings. The third-order valence-corrected chi connectivity index (χ3v) is 6.56. The molecule has 0 atom stereocenters. The maximum absolute atomic E-state index is 12.8. The molecule has 1 fully saturated rings. The first-order valence-electron chi connectivity index (χ1n) is 8.16.